The number of fused-ring (bicyclic) bond motifs is 3. The Kier molecular flexibility index (Phi) is 3.13. The second-order valence-electron chi connectivity index (χ2n) is 3.21. The minimum Gasteiger partial charge on any atom is -0.299 e. The van der Waals surface area contributed by atoms with Gasteiger partial charge in [-0.2, -0.15) is 0 Å². The lowest BCUT2D eigenvalue weighted by atomic mass is 9.85. The molecule has 3 rings (SSSR count). The van der Waals surface area contributed by atoms with Crippen LogP contribution in [0.1, 0.15) is 26.7 Å². The van der Waals surface area contributed by atoms with E-state index in [0.29, 0.717) is 0 Å². The predicted molar refractivity (Wildman–Crippen MR) is 49.7 cm³/mol. The second kappa shape index (κ2) is 3.91. The van der Waals surface area contributed by atoms with E-state index in [1.165, 1.54) is 38.0 Å². The first-order valence-electron chi connectivity index (χ1n) is 4.76. The van der Waals surface area contributed by atoms with Gasteiger partial charge in [0.15, 0.2) is 0 Å². The lowest BCUT2D eigenvalue weighted by molar-refractivity contribution is 0.162. The average molecular weight is 153 g/mol. The fraction of sp³-hybridized carbons (Fsp3) is 0.800. The van der Waals surface area contributed by atoms with E-state index in [1.54, 1.807) is 0 Å². The van der Waals surface area contributed by atoms with Crippen LogP contribution in [0.2, 0.25) is 0 Å². The molecule has 1 nitrogen and oxygen atoms in total. The predicted octanol–water partition coefficient (Wildman–Crippen LogP) is 2.29. The molecule has 3 heterocycles. The molecule has 11 heavy (non-hydrogen) atoms. The third-order valence-corrected chi connectivity index (χ3v) is 2.59. The van der Waals surface area contributed by atoms with Crippen LogP contribution in [0.15, 0.2) is 12.2 Å². The van der Waals surface area contributed by atoms with Crippen LogP contribution in [0.3, 0.4) is 0 Å². The Balaban J connectivity index is 0.000000281. The molecule has 0 spiro atoms. The molecule has 2 bridgehead atoms. The smallest absolute Gasteiger partial charge is 0.0192 e. The van der Waals surface area contributed by atoms with Gasteiger partial charge in [-0.15, -0.1) is 0 Å². The minimum atomic E-state index is 0.884. The largest absolute Gasteiger partial charge is 0.299 e. The molecule has 3 aliphatic heterocycles. The third-order valence-electron chi connectivity index (χ3n) is 2.59. The van der Waals surface area contributed by atoms with Gasteiger partial charge in [-0.3, -0.25) is 4.90 Å². The number of nitrogens with zero attached hydrogens (tertiary/aromatic N) is 1. The van der Waals surface area contributed by atoms with E-state index in [9.17, 15) is 0 Å². The number of rotatable bonds is 0. The maximum absolute atomic E-state index is 4.06. The maximum atomic E-state index is 4.06. The van der Waals surface area contributed by atoms with Gasteiger partial charge in [0.2, 0.25) is 0 Å². The Hall–Kier alpha value is -0.300. The minimum absolute atomic E-state index is 0.884. The van der Waals surface area contributed by atoms with Crippen LogP contribution in [-0.4, -0.2) is 24.5 Å². The van der Waals surface area contributed by atoms with Crippen LogP contribution in [0, 0.1) is 5.92 Å². The molecule has 0 aliphatic carbocycles. The summed E-state index contributed by atoms with van der Waals surface area (Å²) in [5, 5.41) is 0. The maximum Gasteiger partial charge on any atom is 0.0192 e. The highest BCUT2D eigenvalue weighted by atomic mass is 15.1. The number of hydrogen-bond acceptors (Lipinski definition) is 1. The molecule has 0 unspecified atom stereocenters. The third kappa shape index (κ3) is 1.84. The van der Waals surface area contributed by atoms with E-state index in [1.807, 2.05) is 13.8 Å². The summed E-state index contributed by atoms with van der Waals surface area (Å²) < 4.78 is 0. The zero-order valence-electron chi connectivity index (χ0n) is 7.77. The van der Waals surface area contributed by atoms with Gasteiger partial charge in [0, 0.05) is 6.54 Å². The standard InChI is InChI=1S/C8H13N.C2H6/c1-7-6-9-4-2-8(7)3-5-9;1-2/h8H,1-6H2;1-2H3. The SMILES string of the molecule is C=C1CN2CCC1CC2.CC. The van der Waals surface area contributed by atoms with Crippen molar-refractivity contribution in [3.63, 3.8) is 0 Å². The van der Waals surface area contributed by atoms with Crippen LogP contribution in [0.4, 0.5) is 0 Å². The molecule has 0 radical (unpaired) electrons. The van der Waals surface area contributed by atoms with E-state index < -0.39 is 0 Å². The first-order valence-corrected chi connectivity index (χ1v) is 4.76. The van der Waals surface area contributed by atoms with E-state index in [2.05, 4.69) is 11.5 Å². The molecule has 0 saturated carbocycles. The molecule has 1 heteroatoms. The van der Waals surface area contributed by atoms with Gasteiger partial charge < -0.3 is 0 Å². The van der Waals surface area contributed by atoms with Crippen molar-refractivity contribution in [2.24, 2.45) is 5.92 Å². The van der Waals surface area contributed by atoms with E-state index in [4.69, 9.17) is 0 Å². The zero-order chi connectivity index (χ0) is 8.27. The van der Waals surface area contributed by atoms with Crippen molar-refractivity contribution < 1.29 is 0 Å². The molecule has 64 valence electrons. The molecule has 3 fully saturated rings. The fourth-order valence-electron chi connectivity index (χ4n) is 1.92. The summed E-state index contributed by atoms with van der Waals surface area (Å²) in [6.07, 6.45) is 2.75. The van der Waals surface area contributed by atoms with Crippen molar-refractivity contribution in [2.45, 2.75) is 26.7 Å². The molecule has 0 amide bonds. The van der Waals surface area contributed by atoms with Gasteiger partial charge >= 0.3 is 0 Å². The van der Waals surface area contributed by atoms with Gasteiger partial charge in [-0.1, -0.05) is 26.0 Å². The van der Waals surface area contributed by atoms with Crippen LogP contribution >= 0.6 is 0 Å². The van der Waals surface area contributed by atoms with Gasteiger partial charge in [-0.25, -0.2) is 0 Å². The van der Waals surface area contributed by atoms with Crippen molar-refractivity contribution in [1.82, 2.24) is 4.90 Å². The van der Waals surface area contributed by atoms with Crippen LogP contribution < -0.4 is 0 Å². The Labute approximate surface area is 70.1 Å². The molecular weight excluding hydrogens is 134 g/mol. The normalized spacial score (nSPS) is 34.5. The Morgan fingerprint density at radius 3 is 2.00 bits per heavy atom. The van der Waals surface area contributed by atoms with Crippen molar-refractivity contribution in [1.29, 1.82) is 0 Å². The monoisotopic (exact) mass is 153 g/mol. The van der Waals surface area contributed by atoms with E-state index in [-0.39, 0.29) is 0 Å². The van der Waals surface area contributed by atoms with Gasteiger partial charge in [0.1, 0.15) is 0 Å². The Morgan fingerprint density at radius 2 is 1.82 bits per heavy atom. The van der Waals surface area contributed by atoms with Gasteiger partial charge in [0.25, 0.3) is 0 Å². The molecule has 0 aromatic heterocycles. The summed E-state index contributed by atoms with van der Waals surface area (Å²) in [5.74, 6) is 0.884. The molecule has 3 saturated heterocycles. The topological polar surface area (TPSA) is 3.24 Å². The second-order valence-corrected chi connectivity index (χ2v) is 3.21. The Morgan fingerprint density at radius 1 is 1.27 bits per heavy atom. The van der Waals surface area contributed by atoms with Gasteiger partial charge in [0.05, 0.1) is 0 Å². The highest BCUT2D eigenvalue weighted by Gasteiger charge is 2.27. The average Bonchev–Trinajstić information content (AvgIpc) is 2.10. The van der Waals surface area contributed by atoms with E-state index in [0.717, 1.165) is 5.92 Å². The summed E-state index contributed by atoms with van der Waals surface area (Å²) in [7, 11) is 0. The lowest BCUT2D eigenvalue weighted by Crippen LogP contribution is -2.42. The first-order chi connectivity index (χ1) is 5.36. The van der Waals surface area contributed by atoms with Crippen LogP contribution in [0.5, 0.6) is 0 Å². The molecule has 0 aromatic rings. The number of piperidine rings is 3. The summed E-state index contributed by atoms with van der Waals surface area (Å²) in [6.45, 7) is 11.9. The molecular formula is C10H19N. The van der Waals surface area contributed by atoms with Crippen molar-refractivity contribution in [3.05, 3.63) is 12.2 Å². The van der Waals surface area contributed by atoms with Gasteiger partial charge in [-0.05, 0) is 31.8 Å². The summed E-state index contributed by atoms with van der Waals surface area (Å²) >= 11 is 0. The van der Waals surface area contributed by atoms with Crippen molar-refractivity contribution >= 4 is 0 Å². The summed E-state index contributed by atoms with van der Waals surface area (Å²) in [6, 6.07) is 0. The fourth-order valence-corrected chi connectivity index (χ4v) is 1.92. The molecule has 0 N–H and O–H groups in total. The highest BCUT2D eigenvalue weighted by molar-refractivity contribution is 5.09. The first kappa shape index (κ1) is 8.79. The highest BCUT2D eigenvalue weighted by Crippen LogP contribution is 2.29. The zero-order valence-corrected chi connectivity index (χ0v) is 7.77. The Bertz CT molecular complexity index is 132. The van der Waals surface area contributed by atoms with Crippen molar-refractivity contribution in [3.8, 4) is 0 Å². The molecule has 0 atom stereocenters. The van der Waals surface area contributed by atoms with Crippen LogP contribution in [0.25, 0.3) is 0 Å². The van der Waals surface area contributed by atoms with E-state index >= 15 is 0 Å². The molecule has 3 aliphatic rings. The summed E-state index contributed by atoms with van der Waals surface area (Å²) in [4.78, 5) is 2.50. The summed E-state index contributed by atoms with van der Waals surface area (Å²) in [5.41, 5.74) is 1.48. The quantitative estimate of drug-likeness (QED) is 0.483. The molecule has 0 aromatic carbocycles. The van der Waals surface area contributed by atoms with Crippen molar-refractivity contribution in [2.75, 3.05) is 19.6 Å². The lowest BCUT2D eigenvalue weighted by Gasteiger charge is -2.40. The number of hydrogen-bond donors (Lipinski definition) is 0. The van der Waals surface area contributed by atoms with Crippen LogP contribution in [-0.2, 0) is 0 Å².